The summed E-state index contributed by atoms with van der Waals surface area (Å²) in [6.07, 6.45) is 1.75. The van der Waals surface area contributed by atoms with Gasteiger partial charge in [-0.3, -0.25) is 0 Å². The summed E-state index contributed by atoms with van der Waals surface area (Å²) in [5, 5.41) is -0.0154. The average Bonchev–Trinajstić information content (AvgIpc) is 2.25. The molecule has 18 heavy (non-hydrogen) atoms. The van der Waals surface area contributed by atoms with E-state index in [1.165, 1.54) is 0 Å². The number of hydrogen-bond acceptors (Lipinski definition) is 3. The van der Waals surface area contributed by atoms with Gasteiger partial charge < -0.3 is 9.39 Å². The number of nitrogens with zero attached hydrogens (tertiary/aromatic N) is 1. The third-order valence-electron chi connectivity index (χ3n) is 3.29. The summed E-state index contributed by atoms with van der Waals surface area (Å²) in [4.78, 5) is 4.22. The van der Waals surface area contributed by atoms with Gasteiger partial charge in [-0.15, -0.1) is 9.24 Å². The van der Waals surface area contributed by atoms with Gasteiger partial charge in [0.2, 0.25) is 5.88 Å². The van der Waals surface area contributed by atoms with Gasteiger partial charge in [0.15, 0.2) is 0 Å². The molecule has 1 radical (unpaired) electrons. The largest absolute Gasteiger partial charge is 0.481 e. The molecular formula is C13H22BNO2P. The standard InChI is InChI=1S/C13H22BNO2P/c1-9-7-10(8-15-11(9)16-6)14-17-12(2,3)13(4,5)18/h7-8H,18H2,1-6H3. The van der Waals surface area contributed by atoms with Gasteiger partial charge in [-0.25, -0.2) is 4.98 Å². The van der Waals surface area contributed by atoms with Crippen LogP contribution < -0.4 is 10.2 Å². The lowest BCUT2D eigenvalue weighted by atomic mass is 9.84. The fraction of sp³-hybridized carbons (Fsp3) is 0.615. The second-order valence-electron chi connectivity index (χ2n) is 5.56. The van der Waals surface area contributed by atoms with Crippen LogP contribution in [0.3, 0.4) is 0 Å². The number of aryl methyl sites for hydroxylation is 1. The van der Waals surface area contributed by atoms with Crippen LogP contribution in [0.15, 0.2) is 12.3 Å². The second kappa shape index (κ2) is 5.58. The lowest BCUT2D eigenvalue weighted by Gasteiger charge is -2.39. The van der Waals surface area contributed by atoms with Crippen molar-refractivity contribution in [2.75, 3.05) is 7.11 Å². The quantitative estimate of drug-likeness (QED) is 0.604. The minimum atomic E-state index is -0.272. The maximum absolute atomic E-state index is 5.88. The van der Waals surface area contributed by atoms with E-state index in [-0.39, 0.29) is 10.8 Å². The topological polar surface area (TPSA) is 31.4 Å². The molecule has 99 valence electrons. The molecule has 5 heteroatoms. The molecule has 0 fully saturated rings. The van der Waals surface area contributed by atoms with Gasteiger partial charge in [0.05, 0.1) is 12.7 Å². The van der Waals surface area contributed by atoms with Gasteiger partial charge in [0.25, 0.3) is 0 Å². The Labute approximate surface area is 113 Å². The summed E-state index contributed by atoms with van der Waals surface area (Å²) in [5.74, 6) is 0.651. The van der Waals surface area contributed by atoms with Crippen LogP contribution >= 0.6 is 9.24 Å². The highest BCUT2D eigenvalue weighted by molar-refractivity contribution is 7.19. The zero-order chi connectivity index (χ0) is 14.0. The molecular weight excluding hydrogens is 244 g/mol. The van der Waals surface area contributed by atoms with Crippen molar-refractivity contribution in [1.29, 1.82) is 0 Å². The number of methoxy groups -OCH3 is 1. The molecule has 0 aliphatic rings. The molecule has 1 atom stereocenters. The van der Waals surface area contributed by atoms with E-state index in [2.05, 4.69) is 41.9 Å². The molecule has 0 bridgehead atoms. The molecule has 0 spiro atoms. The first-order valence-corrected chi connectivity index (χ1v) is 6.55. The fourth-order valence-corrected chi connectivity index (χ4v) is 1.30. The van der Waals surface area contributed by atoms with Crippen LogP contribution in [0.4, 0.5) is 0 Å². The Hall–Kier alpha value is -0.595. The van der Waals surface area contributed by atoms with Gasteiger partial charge in [0, 0.05) is 16.9 Å². The summed E-state index contributed by atoms with van der Waals surface area (Å²) in [6, 6.07) is 2.00. The molecule has 0 aliphatic carbocycles. The Morgan fingerprint density at radius 1 is 1.28 bits per heavy atom. The second-order valence-corrected chi connectivity index (χ2v) is 7.01. The molecule has 0 saturated heterocycles. The van der Waals surface area contributed by atoms with E-state index in [9.17, 15) is 0 Å². The average molecular weight is 266 g/mol. The lowest BCUT2D eigenvalue weighted by molar-refractivity contribution is 0.0841. The number of ether oxygens (including phenoxy) is 1. The molecule has 0 saturated carbocycles. The Balaban J connectivity index is 2.73. The van der Waals surface area contributed by atoms with E-state index in [1.54, 1.807) is 20.8 Å². The third-order valence-corrected chi connectivity index (χ3v) is 3.98. The molecule has 1 heterocycles. The molecule has 0 amide bonds. The first-order chi connectivity index (χ1) is 8.17. The normalized spacial score (nSPS) is 12.4. The smallest absolute Gasteiger partial charge is 0.332 e. The molecule has 1 aromatic heterocycles. The zero-order valence-electron chi connectivity index (χ0n) is 12.1. The minimum absolute atomic E-state index is 0.0154. The molecule has 0 N–H and O–H groups in total. The van der Waals surface area contributed by atoms with Crippen LogP contribution in [0, 0.1) is 6.92 Å². The molecule has 0 aliphatic heterocycles. The van der Waals surface area contributed by atoms with Crippen LogP contribution in [0.5, 0.6) is 5.88 Å². The molecule has 1 unspecified atom stereocenters. The highest BCUT2D eigenvalue weighted by Gasteiger charge is 2.33. The first-order valence-electron chi connectivity index (χ1n) is 5.98. The van der Waals surface area contributed by atoms with E-state index >= 15 is 0 Å². The van der Waals surface area contributed by atoms with Crippen LogP contribution in [-0.4, -0.2) is 30.3 Å². The predicted octanol–water partition coefficient (Wildman–Crippen LogP) is 2.09. The maximum atomic E-state index is 5.88. The molecule has 1 aromatic rings. The summed E-state index contributed by atoms with van der Waals surface area (Å²) < 4.78 is 11.0. The Morgan fingerprint density at radius 3 is 2.33 bits per heavy atom. The third kappa shape index (κ3) is 3.70. The Kier molecular flexibility index (Phi) is 4.80. The van der Waals surface area contributed by atoms with Crippen molar-refractivity contribution in [3.63, 3.8) is 0 Å². The number of aromatic nitrogens is 1. The van der Waals surface area contributed by atoms with Crippen LogP contribution in [-0.2, 0) is 4.65 Å². The fourth-order valence-electron chi connectivity index (χ4n) is 1.23. The van der Waals surface area contributed by atoms with Crippen molar-refractivity contribution >= 4 is 22.2 Å². The van der Waals surface area contributed by atoms with Gasteiger partial charge in [0.1, 0.15) is 0 Å². The number of rotatable bonds is 5. The van der Waals surface area contributed by atoms with Gasteiger partial charge in [-0.2, -0.15) is 0 Å². The van der Waals surface area contributed by atoms with E-state index in [1.807, 2.05) is 13.0 Å². The van der Waals surface area contributed by atoms with E-state index in [4.69, 9.17) is 9.39 Å². The van der Waals surface area contributed by atoms with Crippen LogP contribution in [0.1, 0.15) is 33.3 Å². The Morgan fingerprint density at radius 2 is 1.89 bits per heavy atom. The summed E-state index contributed by atoms with van der Waals surface area (Å²) in [7, 11) is 6.19. The Bertz CT molecular complexity index is 416. The first kappa shape index (κ1) is 15.5. The van der Waals surface area contributed by atoms with Crippen molar-refractivity contribution in [3.8, 4) is 5.88 Å². The van der Waals surface area contributed by atoms with E-state index < -0.39 is 0 Å². The van der Waals surface area contributed by atoms with Crippen molar-refractivity contribution in [2.24, 2.45) is 0 Å². The lowest BCUT2D eigenvalue weighted by Crippen LogP contribution is -2.45. The minimum Gasteiger partial charge on any atom is -0.481 e. The summed E-state index contributed by atoms with van der Waals surface area (Å²) >= 11 is 0. The monoisotopic (exact) mass is 266 g/mol. The highest BCUT2D eigenvalue weighted by atomic mass is 31.0. The van der Waals surface area contributed by atoms with Crippen molar-refractivity contribution < 1.29 is 9.39 Å². The summed E-state index contributed by atoms with van der Waals surface area (Å²) in [6.45, 7) is 10.4. The molecule has 3 nitrogen and oxygen atoms in total. The van der Waals surface area contributed by atoms with Crippen molar-refractivity contribution in [2.45, 2.75) is 45.4 Å². The van der Waals surface area contributed by atoms with Crippen molar-refractivity contribution in [3.05, 3.63) is 17.8 Å². The predicted molar refractivity (Wildman–Crippen MR) is 79.9 cm³/mol. The van der Waals surface area contributed by atoms with Crippen LogP contribution in [0.2, 0.25) is 0 Å². The van der Waals surface area contributed by atoms with Gasteiger partial charge >= 0.3 is 7.48 Å². The summed E-state index contributed by atoms with van der Waals surface area (Å²) in [5.41, 5.74) is 1.67. The SMILES string of the molecule is COc1ncc([B]OC(C)(C)C(C)(C)P)cc1C. The van der Waals surface area contributed by atoms with Gasteiger partial charge in [-0.05, 0) is 26.2 Å². The van der Waals surface area contributed by atoms with Crippen LogP contribution in [0.25, 0.3) is 0 Å². The molecule has 0 aromatic carbocycles. The van der Waals surface area contributed by atoms with Gasteiger partial charge in [-0.1, -0.05) is 19.9 Å². The zero-order valence-corrected chi connectivity index (χ0v) is 13.2. The van der Waals surface area contributed by atoms with E-state index in [0.29, 0.717) is 5.88 Å². The highest BCUT2D eigenvalue weighted by Crippen LogP contribution is 2.33. The maximum Gasteiger partial charge on any atom is 0.332 e. The number of pyridine rings is 1. The molecule has 1 rings (SSSR count). The van der Waals surface area contributed by atoms with E-state index in [0.717, 1.165) is 11.0 Å². The van der Waals surface area contributed by atoms with Crippen molar-refractivity contribution in [1.82, 2.24) is 4.98 Å². The number of hydrogen-bond donors (Lipinski definition) is 0.